The Morgan fingerprint density at radius 2 is 1.88 bits per heavy atom. The van der Waals surface area contributed by atoms with Crippen LogP contribution in [0.3, 0.4) is 0 Å². The number of hydrogen-bond acceptors (Lipinski definition) is 3. The molecule has 0 unspecified atom stereocenters. The van der Waals surface area contributed by atoms with E-state index in [1.54, 1.807) is 25.1 Å². The minimum absolute atomic E-state index is 0.0543. The number of carboxylic acid groups (broad SMARTS) is 1. The number of aromatic carboxylic acids is 1. The van der Waals surface area contributed by atoms with Crippen molar-refractivity contribution in [2.45, 2.75) is 13.1 Å². The standard InChI is InChI=1S/C19H14F3NO3/c1-10-8-11(6-7-16(10)26-2)15-9-13(18(24)25)12-4-3-5-14(17(12)23-15)19(20,21)22/h3-9H,1-2H3,(H,24,25). The zero-order valence-electron chi connectivity index (χ0n) is 13.9. The summed E-state index contributed by atoms with van der Waals surface area (Å²) in [4.78, 5) is 15.7. The molecule has 1 aromatic heterocycles. The number of carboxylic acids is 1. The molecule has 0 aliphatic rings. The van der Waals surface area contributed by atoms with E-state index < -0.39 is 17.7 Å². The van der Waals surface area contributed by atoms with E-state index in [9.17, 15) is 23.1 Å². The maximum absolute atomic E-state index is 13.3. The van der Waals surface area contributed by atoms with E-state index in [-0.39, 0.29) is 22.2 Å². The molecule has 3 rings (SSSR count). The highest BCUT2D eigenvalue weighted by atomic mass is 19.4. The fourth-order valence-corrected chi connectivity index (χ4v) is 2.84. The van der Waals surface area contributed by atoms with Gasteiger partial charge in [0.2, 0.25) is 0 Å². The average molecular weight is 361 g/mol. The van der Waals surface area contributed by atoms with Gasteiger partial charge in [0.1, 0.15) is 5.75 Å². The molecule has 26 heavy (non-hydrogen) atoms. The summed E-state index contributed by atoms with van der Waals surface area (Å²) in [6.07, 6.45) is -4.64. The smallest absolute Gasteiger partial charge is 0.418 e. The zero-order valence-corrected chi connectivity index (χ0v) is 13.9. The van der Waals surface area contributed by atoms with Gasteiger partial charge in [0.15, 0.2) is 0 Å². The van der Waals surface area contributed by atoms with Crippen LogP contribution in [0.25, 0.3) is 22.2 Å². The summed E-state index contributed by atoms with van der Waals surface area (Å²) in [7, 11) is 1.51. The first kappa shape index (κ1) is 17.7. The lowest BCUT2D eigenvalue weighted by molar-refractivity contribution is -0.136. The second-order valence-electron chi connectivity index (χ2n) is 5.74. The van der Waals surface area contributed by atoms with Gasteiger partial charge < -0.3 is 9.84 Å². The topological polar surface area (TPSA) is 59.4 Å². The number of rotatable bonds is 3. The lowest BCUT2D eigenvalue weighted by Crippen LogP contribution is -2.09. The van der Waals surface area contributed by atoms with Gasteiger partial charge in [0.25, 0.3) is 0 Å². The monoisotopic (exact) mass is 361 g/mol. The lowest BCUT2D eigenvalue weighted by atomic mass is 10.0. The van der Waals surface area contributed by atoms with Crippen LogP contribution in [0.4, 0.5) is 13.2 Å². The summed E-state index contributed by atoms with van der Waals surface area (Å²) >= 11 is 0. The molecule has 0 amide bonds. The minimum Gasteiger partial charge on any atom is -0.496 e. The lowest BCUT2D eigenvalue weighted by Gasteiger charge is -2.13. The van der Waals surface area contributed by atoms with E-state index in [1.165, 1.54) is 25.3 Å². The Hall–Kier alpha value is -3.09. The largest absolute Gasteiger partial charge is 0.496 e. The third kappa shape index (κ3) is 3.08. The molecule has 1 heterocycles. The number of fused-ring (bicyclic) bond motifs is 1. The van der Waals surface area contributed by atoms with Gasteiger partial charge in [-0.2, -0.15) is 13.2 Å². The van der Waals surface area contributed by atoms with Crippen LogP contribution in [0.15, 0.2) is 42.5 Å². The van der Waals surface area contributed by atoms with Crippen molar-refractivity contribution in [3.63, 3.8) is 0 Å². The maximum atomic E-state index is 13.3. The highest BCUT2D eigenvalue weighted by molar-refractivity contribution is 6.04. The molecule has 0 fully saturated rings. The van der Waals surface area contributed by atoms with Gasteiger partial charge in [-0.1, -0.05) is 12.1 Å². The number of methoxy groups -OCH3 is 1. The fraction of sp³-hybridized carbons (Fsp3) is 0.158. The van der Waals surface area contributed by atoms with Crippen molar-refractivity contribution in [1.29, 1.82) is 0 Å². The molecule has 3 aromatic rings. The summed E-state index contributed by atoms with van der Waals surface area (Å²) in [5.74, 6) is -0.702. The first-order valence-electron chi connectivity index (χ1n) is 7.61. The van der Waals surface area contributed by atoms with Crippen molar-refractivity contribution in [3.8, 4) is 17.0 Å². The molecule has 0 aliphatic carbocycles. The van der Waals surface area contributed by atoms with Crippen molar-refractivity contribution >= 4 is 16.9 Å². The molecule has 0 saturated carbocycles. The molecule has 0 saturated heterocycles. The Morgan fingerprint density at radius 3 is 2.46 bits per heavy atom. The third-order valence-corrected chi connectivity index (χ3v) is 4.07. The number of nitrogens with zero attached hydrogens (tertiary/aromatic N) is 1. The number of ether oxygens (including phenoxy) is 1. The van der Waals surface area contributed by atoms with E-state index >= 15 is 0 Å². The molecule has 0 spiro atoms. The molecular weight excluding hydrogens is 347 g/mol. The molecule has 0 aliphatic heterocycles. The summed E-state index contributed by atoms with van der Waals surface area (Å²) in [6, 6.07) is 9.65. The van der Waals surface area contributed by atoms with Gasteiger partial charge in [-0.3, -0.25) is 0 Å². The number of halogens is 3. The normalized spacial score (nSPS) is 11.6. The number of benzene rings is 2. The van der Waals surface area contributed by atoms with Gasteiger partial charge in [-0.05, 0) is 42.8 Å². The van der Waals surface area contributed by atoms with E-state index in [2.05, 4.69) is 4.98 Å². The molecule has 0 bridgehead atoms. The van der Waals surface area contributed by atoms with Crippen molar-refractivity contribution < 1.29 is 27.8 Å². The molecule has 1 N–H and O–H groups in total. The van der Waals surface area contributed by atoms with E-state index in [4.69, 9.17) is 4.74 Å². The number of hydrogen-bond donors (Lipinski definition) is 1. The van der Waals surface area contributed by atoms with Crippen molar-refractivity contribution in [2.75, 3.05) is 7.11 Å². The van der Waals surface area contributed by atoms with Crippen LogP contribution in [0.2, 0.25) is 0 Å². The Bertz CT molecular complexity index is 1010. The van der Waals surface area contributed by atoms with Crippen LogP contribution in [-0.4, -0.2) is 23.2 Å². The Kier molecular flexibility index (Phi) is 4.31. The number of pyridine rings is 1. The highest BCUT2D eigenvalue weighted by Crippen LogP contribution is 2.36. The summed E-state index contributed by atoms with van der Waals surface area (Å²) in [5, 5.41) is 9.40. The third-order valence-electron chi connectivity index (χ3n) is 4.07. The number of carbonyl (C=O) groups is 1. The van der Waals surface area contributed by atoms with Crippen LogP contribution in [-0.2, 0) is 6.18 Å². The van der Waals surface area contributed by atoms with Gasteiger partial charge in [0.05, 0.1) is 29.4 Å². The van der Waals surface area contributed by atoms with E-state index in [1.807, 2.05) is 0 Å². The highest BCUT2D eigenvalue weighted by Gasteiger charge is 2.34. The number of aromatic nitrogens is 1. The zero-order chi connectivity index (χ0) is 19.1. The second-order valence-corrected chi connectivity index (χ2v) is 5.74. The molecule has 4 nitrogen and oxygen atoms in total. The first-order valence-corrected chi connectivity index (χ1v) is 7.61. The predicted octanol–water partition coefficient (Wildman–Crippen LogP) is 4.94. The fourth-order valence-electron chi connectivity index (χ4n) is 2.84. The van der Waals surface area contributed by atoms with Crippen LogP contribution in [0.1, 0.15) is 21.5 Å². The SMILES string of the molecule is COc1ccc(-c2cc(C(=O)O)c3cccc(C(F)(F)F)c3n2)cc1C. The Balaban J connectivity index is 2.34. The van der Waals surface area contributed by atoms with Gasteiger partial charge in [-0.25, -0.2) is 9.78 Å². The second kappa shape index (κ2) is 6.33. The van der Waals surface area contributed by atoms with Crippen LogP contribution in [0.5, 0.6) is 5.75 Å². The van der Waals surface area contributed by atoms with Gasteiger partial charge in [0, 0.05) is 10.9 Å². The Labute approximate surface area is 146 Å². The van der Waals surface area contributed by atoms with Crippen LogP contribution < -0.4 is 4.74 Å². The van der Waals surface area contributed by atoms with Crippen molar-refractivity contribution in [1.82, 2.24) is 4.98 Å². The van der Waals surface area contributed by atoms with Crippen LogP contribution >= 0.6 is 0 Å². The maximum Gasteiger partial charge on any atom is 0.418 e. The van der Waals surface area contributed by atoms with Crippen molar-refractivity contribution in [2.24, 2.45) is 0 Å². The molecular formula is C19H14F3NO3. The quantitative estimate of drug-likeness (QED) is 0.718. The molecule has 7 heteroatoms. The average Bonchev–Trinajstić information content (AvgIpc) is 2.59. The Morgan fingerprint density at radius 1 is 1.15 bits per heavy atom. The predicted molar refractivity (Wildman–Crippen MR) is 90.4 cm³/mol. The van der Waals surface area contributed by atoms with Gasteiger partial charge in [-0.15, -0.1) is 0 Å². The summed E-state index contributed by atoms with van der Waals surface area (Å²) < 4.78 is 45.2. The number of para-hydroxylation sites is 1. The molecule has 0 atom stereocenters. The van der Waals surface area contributed by atoms with Gasteiger partial charge >= 0.3 is 12.1 Å². The van der Waals surface area contributed by atoms with Crippen molar-refractivity contribution in [3.05, 3.63) is 59.2 Å². The number of alkyl halides is 3. The molecule has 0 radical (unpaired) electrons. The summed E-state index contributed by atoms with van der Waals surface area (Å²) in [6.45, 7) is 1.78. The minimum atomic E-state index is -4.64. The van der Waals surface area contributed by atoms with E-state index in [0.29, 0.717) is 11.3 Å². The summed E-state index contributed by atoms with van der Waals surface area (Å²) in [5.41, 5.74) is -0.174. The van der Waals surface area contributed by atoms with E-state index in [0.717, 1.165) is 11.6 Å². The number of aryl methyl sites for hydroxylation is 1. The molecule has 2 aromatic carbocycles. The molecule has 134 valence electrons. The van der Waals surface area contributed by atoms with Crippen LogP contribution in [0, 0.1) is 6.92 Å². The first-order chi connectivity index (χ1) is 12.2.